The van der Waals surface area contributed by atoms with E-state index in [4.69, 9.17) is 36.0 Å². The second-order valence-electron chi connectivity index (χ2n) is 19.9. The molecule has 3 N–H and O–H groups in total. The molecule has 5 aromatic carbocycles. The Kier molecular flexibility index (Phi) is 19.5. The maximum absolute atomic E-state index is 6.73. The van der Waals surface area contributed by atoms with Crippen LogP contribution in [0.2, 0.25) is 5.02 Å². The minimum absolute atomic E-state index is 0.0216. The molecule has 0 fully saturated rings. The van der Waals surface area contributed by atoms with Gasteiger partial charge in [-0.3, -0.25) is 14.0 Å². The number of halogens is 1. The van der Waals surface area contributed by atoms with Crippen molar-refractivity contribution in [3.05, 3.63) is 167 Å². The standard InChI is InChI=1S/C60H75ClN12O3/c1-43(2)74-57-25-20-48(34-56(57)61)59-51(40-70(8)31-28-64-5)42-73(67-59)37-45-13-11-14-54(33-45)75-52-21-16-46(17-22-52)58-50(39-69(7)30-27-63-4)41-72(66-58)36-44-12-10-15-55(32-44)76-53-23-18-47(19-24-53)60-49(35-65-71(60)9)38-68(6)29-26-62-3/h10-25,32-35,41-43,62-64H,26-31,36-40H2,1-9H3. The van der Waals surface area contributed by atoms with Crippen LogP contribution in [0.5, 0.6) is 28.7 Å². The second-order valence-corrected chi connectivity index (χ2v) is 20.3. The number of aromatic nitrogens is 6. The van der Waals surface area contributed by atoms with Crippen molar-refractivity contribution in [2.45, 2.75) is 52.7 Å². The molecular weight excluding hydrogens is 972 g/mol. The van der Waals surface area contributed by atoms with Gasteiger partial charge < -0.3 is 44.9 Å². The van der Waals surface area contributed by atoms with Crippen LogP contribution < -0.4 is 30.2 Å². The molecule has 0 atom stereocenters. The summed E-state index contributed by atoms with van der Waals surface area (Å²) >= 11 is 6.73. The lowest BCUT2D eigenvalue weighted by Crippen LogP contribution is -2.27. The number of likely N-dealkylation sites (N-methyl/N-ethyl adjacent to an activating group) is 6. The van der Waals surface area contributed by atoms with E-state index in [0.717, 1.165) is 138 Å². The van der Waals surface area contributed by atoms with E-state index in [-0.39, 0.29) is 6.10 Å². The fourth-order valence-electron chi connectivity index (χ4n) is 9.21. The van der Waals surface area contributed by atoms with Crippen molar-refractivity contribution in [2.75, 3.05) is 81.6 Å². The van der Waals surface area contributed by atoms with Gasteiger partial charge in [0.05, 0.1) is 47.5 Å². The third kappa shape index (κ3) is 15.2. The molecule has 0 saturated heterocycles. The van der Waals surface area contributed by atoms with Gasteiger partial charge in [-0.2, -0.15) is 15.3 Å². The maximum atomic E-state index is 6.73. The van der Waals surface area contributed by atoms with Gasteiger partial charge in [-0.05, 0) is 158 Å². The molecule has 0 saturated carbocycles. The van der Waals surface area contributed by atoms with Gasteiger partial charge in [-0.25, -0.2) is 0 Å². The molecular formula is C60H75ClN12O3. The normalized spacial score (nSPS) is 11.7. The number of nitrogens with zero attached hydrogens (tertiary/aromatic N) is 9. The molecule has 15 nitrogen and oxygen atoms in total. The van der Waals surface area contributed by atoms with E-state index >= 15 is 0 Å². The Morgan fingerprint density at radius 2 is 1.01 bits per heavy atom. The largest absolute Gasteiger partial charge is 0.489 e. The van der Waals surface area contributed by atoms with Crippen LogP contribution in [-0.2, 0) is 39.8 Å². The highest BCUT2D eigenvalue weighted by molar-refractivity contribution is 6.32. The summed E-state index contributed by atoms with van der Waals surface area (Å²) in [6.45, 7) is 12.9. The van der Waals surface area contributed by atoms with E-state index in [9.17, 15) is 0 Å². The Morgan fingerprint density at radius 3 is 1.49 bits per heavy atom. The SMILES string of the molecule is CNCCN(C)Cc1cn(Cc2cccc(Oc3ccc(-c4c(CN(C)CCNC)cnn4C)cc3)c2)nc1-c1ccc(Oc2cccc(Cn3cc(CN(C)CCNC)c(-c4ccc(OC(C)C)c(Cl)c4)n3)c2)cc1. The van der Waals surface area contributed by atoms with Gasteiger partial charge in [0.25, 0.3) is 0 Å². The predicted molar refractivity (Wildman–Crippen MR) is 307 cm³/mol. The van der Waals surface area contributed by atoms with Gasteiger partial charge in [0.1, 0.15) is 28.7 Å². The Morgan fingerprint density at radius 1 is 0.553 bits per heavy atom. The fourth-order valence-corrected chi connectivity index (χ4v) is 9.44. The van der Waals surface area contributed by atoms with Crippen LogP contribution in [-0.4, -0.2) is 132 Å². The van der Waals surface area contributed by atoms with Crippen LogP contribution in [0.1, 0.15) is 41.7 Å². The van der Waals surface area contributed by atoms with Crippen LogP contribution in [0.15, 0.2) is 134 Å². The summed E-state index contributed by atoms with van der Waals surface area (Å²) in [5.74, 6) is 3.68. The molecule has 8 aromatic rings. The summed E-state index contributed by atoms with van der Waals surface area (Å²) < 4.78 is 24.8. The minimum Gasteiger partial charge on any atom is -0.489 e. The summed E-state index contributed by atoms with van der Waals surface area (Å²) in [4.78, 5) is 6.91. The van der Waals surface area contributed by atoms with Crippen molar-refractivity contribution < 1.29 is 14.2 Å². The van der Waals surface area contributed by atoms with E-state index in [2.05, 4.69) is 118 Å². The number of aryl methyl sites for hydroxylation is 1. The van der Waals surface area contributed by atoms with E-state index in [0.29, 0.717) is 23.9 Å². The van der Waals surface area contributed by atoms with Crippen molar-refractivity contribution in [2.24, 2.45) is 7.05 Å². The lowest BCUT2D eigenvalue weighted by atomic mass is 10.1. The van der Waals surface area contributed by atoms with Crippen molar-refractivity contribution >= 4 is 11.6 Å². The average Bonchev–Trinajstić information content (AvgIpc) is 4.12. The Labute approximate surface area is 454 Å². The number of rotatable bonds is 28. The first-order chi connectivity index (χ1) is 36.8. The van der Waals surface area contributed by atoms with Gasteiger partial charge >= 0.3 is 0 Å². The molecule has 400 valence electrons. The lowest BCUT2D eigenvalue weighted by Gasteiger charge is -2.17. The molecule has 0 amide bonds. The quantitative estimate of drug-likeness (QED) is 0.0433. The molecule has 0 unspecified atom stereocenters. The Hall–Kier alpha value is -6.82. The lowest BCUT2D eigenvalue weighted by molar-refractivity contribution is 0.242. The van der Waals surface area contributed by atoms with E-state index in [1.54, 1.807) is 0 Å². The predicted octanol–water partition coefficient (Wildman–Crippen LogP) is 9.89. The molecule has 3 aromatic heterocycles. The number of ether oxygens (including phenoxy) is 3. The third-order valence-corrected chi connectivity index (χ3v) is 13.3. The summed E-state index contributed by atoms with van der Waals surface area (Å²) in [6, 6.07) is 38.8. The fraction of sp³-hybridized carbons (Fsp3) is 0.350. The topological polar surface area (TPSA) is 127 Å². The van der Waals surface area contributed by atoms with Crippen molar-refractivity contribution in [1.29, 1.82) is 0 Å². The smallest absolute Gasteiger partial charge is 0.138 e. The molecule has 76 heavy (non-hydrogen) atoms. The summed E-state index contributed by atoms with van der Waals surface area (Å²) in [5, 5.41) is 25.2. The third-order valence-electron chi connectivity index (χ3n) is 13.0. The molecule has 0 spiro atoms. The van der Waals surface area contributed by atoms with E-state index in [1.165, 1.54) is 5.56 Å². The molecule has 0 aliphatic heterocycles. The molecule has 3 heterocycles. The molecule has 16 heteroatoms. The number of hydrogen-bond acceptors (Lipinski definition) is 12. The monoisotopic (exact) mass is 1050 g/mol. The molecule has 0 bridgehead atoms. The minimum atomic E-state index is 0.0216. The zero-order chi connectivity index (χ0) is 53.6. The molecule has 0 radical (unpaired) electrons. The van der Waals surface area contributed by atoms with Crippen molar-refractivity contribution in [3.8, 4) is 62.5 Å². The van der Waals surface area contributed by atoms with Crippen LogP contribution in [0.25, 0.3) is 33.8 Å². The summed E-state index contributed by atoms with van der Waals surface area (Å²) in [5.41, 5.74) is 11.6. The van der Waals surface area contributed by atoms with Crippen LogP contribution >= 0.6 is 11.6 Å². The van der Waals surface area contributed by atoms with E-state index < -0.39 is 0 Å². The van der Waals surface area contributed by atoms with E-state index in [1.807, 2.05) is 129 Å². The average molecular weight is 1050 g/mol. The number of benzene rings is 5. The van der Waals surface area contributed by atoms with Gasteiger partial charge in [-0.15, -0.1) is 0 Å². The van der Waals surface area contributed by atoms with Crippen molar-refractivity contribution in [3.63, 3.8) is 0 Å². The highest BCUT2D eigenvalue weighted by Crippen LogP contribution is 2.34. The van der Waals surface area contributed by atoms with Crippen LogP contribution in [0, 0.1) is 0 Å². The molecule has 8 rings (SSSR count). The summed E-state index contributed by atoms with van der Waals surface area (Å²) in [6.07, 6.45) is 6.29. The first-order valence-corrected chi connectivity index (χ1v) is 26.6. The van der Waals surface area contributed by atoms with Crippen LogP contribution in [0.3, 0.4) is 0 Å². The van der Waals surface area contributed by atoms with Gasteiger partial charge in [0.2, 0.25) is 0 Å². The maximum Gasteiger partial charge on any atom is 0.138 e. The van der Waals surface area contributed by atoms with Crippen molar-refractivity contribution in [1.82, 2.24) is 60.0 Å². The van der Waals surface area contributed by atoms with Crippen LogP contribution in [0.4, 0.5) is 0 Å². The van der Waals surface area contributed by atoms with Gasteiger partial charge in [0.15, 0.2) is 0 Å². The van der Waals surface area contributed by atoms with Gasteiger partial charge in [-0.1, -0.05) is 35.9 Å². The first-order valence-electron chi connectivity index (χ1n) is 26.2. The Bertz CT molecular complexity index is 3090. The zero-order valence-corrected chi connectivity index (χ0v) is 46.4. The second kappa shape index (κ2) is 26.8. The highest BCUT2D eigenvalue weighted by Gasteiger charge is 2.19. The number of hydrogen-bond donors (Lipinski definition) is 3. The Balaban J connectivity index is 0.950. The highest BCUT2D eigenvalue weighted by atomic mass is 35.5. The number of nitrogens with one attached hydrogen (secondary N) is 3. The summed E-state index contributed by atoms with van der Waals surface area (Å²) in [7, 11) is 14.3. The van der Waals surface area contributed by atoms with Gasteiger partial charge in [0, 0.05) is 112 Å². The molecule has 0 aliphatic rings. The zero-order valence-electron chi connectivity index (χ0n) is 45.7. The molecule has 0 aliphatic carbocycles. The first kappa shape index (κ1) is 55.4.